The average molecular weight is 289 g/mol. The summed E-state index contributed by atoms with van der Waals surface area (Å²) in [5, 5.41) is 2.47. The molecule has 0 aliphatic heterocycles. The van der Waals surface area contributed by atoms with E-state index in [1.807, 2.05) is 24.3 Å². The van der Waals surface area contributed by atoms with Gasteiger partial charge in [0.25, 0.3) is 0 Å². The molecule has 1 amide bonds. The minimum atomic E-state index is -0.636. The van der Waals surface area contributed by atoms with Crippen molar-refractivity contribution in [1.82, 2.24) is 5.32 Å². The van der Waals surface area contributed by atoms with Gasteiger partial charge in [0, 0.05) is 0 Å². The number of hydrogen-bond acceptors (Lipinski definition) is 3. The number of benzene rings is 1. The lowest BCUT2D eigenvalue weighted by atomic mass is 9.96. The lowest BCUT2D eigenvalue weighted by Gasteiger charge is -2.14. The van der Waals surface area contributed by atoms with Crippen LogP contribution in [0.5, 0.6) is 0 Å². The minimum Gasteiger partial charge on any atom is -0.464 e. The van der Waals surface area contributed by atoms with Crippen LogP contribution in [0.4, 0.5) is 0 Å². The van der Waals surface area contributed by atoms with Crippen LogP contribution < -0.4 is 5.32 Å². The fourth-order valence-electron chi connectivity index (χ4n) is 2.00. The van der Waals surface area contributed by atoms with E-state index < -0.39 is 5.97 Å². The van der Waals surface area contributed by atoms with Crippen molar-refractivity contribution in [3.05, 3.63) is 47.7 Å². The highest BCUT2D eigenvalue weighted by Crippen LogP contribution is 2.18. The highest BCUT2D eigenvalue weighted by molar-refractivity contribution is 5.95. The first-order chi connectivity index (χ1) is 9.85. The maximum atomic E-state index is 12.1. The van der Waals surface area contributed by atoms with Crippen LogP contribution in [0.25, 0.3) is 0 Å². The van der Waals surface area contributed by atoms with Crippen LogP contribution in [-0.2, 0) is 20.7 Å². The molecule has 0 saturated heterocycles. The van der Waals surface area contributed by atoms with Crippen molar-refractivity contribution in [2.45, 2.75) is 33.1 Å². The van der Waals surface area contributed by atoms with Gasteiger partial charge >= 0.3 is 5.97 Å². The van der Waals surface area contributed by atoms with Crippen LogP contribution >= 0.6 is 0 Å². The maximum Gasteiger partial charge on any atom is 0.353 e. The normalized spacial score (nSPS) is 11.9. The highest BCUT2D eigenvalue weighted by Gasteiger charge is 2.18. The zero-order valence-corrected chi connectivity index (χ0v) is 13.1. The van der Waals surface area contributed by atoms with Crippen molar-refractivity contribution in [3.63, 3.8) is 0 Å². The summed E-state index contributed by atoms with van der Waals surface area (Å²) in [5.74, 6) is -0.677. The Kier molecular flexibility index (Phi) is 6.15. The molecule has 4 heteroatoms. The number of carbonyl (C=O) groups excluding carboxylic acids is 2. The average Bonchev–Trinajstić information content (AvgIpc) is 2.45. The predicted molar refractivity (Wildman–Crippen MR) is 82.7 cm³/mol. The predicted octanol–water partition coefficient (Wildman–Crippen LogP) is 2.79. The SMILES string of the molecule is C=C(NC(=O)[C@H](C)c1ccc(CC(C)C)cc1)C(=O)OC. The van der Waals surface area contributed by atoms with Crippen LogP contribution in [0.3, 0.4) is 0 Å². The van der Waals surface area contributed by atoms with Crippen LogP contribution in [0.2, 0.25) is 0 Å². The Morgan fingerprint density at radius 3 is 2.24 bits per heavy atom. The summed E-state index contributed by atoms with van der Waals surface area (Å²) in [6.45, 7) is 9.61. The lowest BCUT2D eigenvalue weighted by molar-refractivity contribution is -0.137. The van der Waals surface area contributed by atoms with Crippen LogP contribution in [0, 0.1) is 5.92 Å². The Labute approximate surface area is 126 Å². The van der Waals surface area contributed by atoms with E-state index in [9.17, 15) is 9.59 Å². The first-order valence-corrected chi connectivity index (χ1v) is 7.02. The molecule has 0 heterocycles. The molecule has 1 aromatic carbocycles. The second kappa shape index (κ2) is 7.62. The molecule has 0 aliphatic rings. The summed E-state index contributed by atoms with van der Waals surface area (Å²) >= 11 is 0. The van der Waals surface area contributed by atoms with Crippen LogP contribution in [0.15, 0.2) is 36.5 Å². The van der Waals surface area contributed by atoms with Crippen molar-refractivity contribution in [1.29, 1.82) is 0 Å². The van der Waals surface area contributed by atoms with Crippen molar-refractivity contribution in [2.75, 3.05) is 7.11 Å². The summed E-state index contributed by atoms with van der Waals surface area (Å²) in [7, 11) is 1.25. The van der Waals surface area contributed by atoms with Gasteiger partial charge in [-0.3, -0.25) is 4.79 Å². The van der Waals surface area contributed by atoms with Crippen molar-refractivity contribution in [3.8, 4) is 0 Å². The van der Waals surface area contributed by atoms with E-state index >= 15 is 0 Å². The van der Waals surface area contributed by atoms with Crippen molar-refractivity contribution >= 4 is 11.9 Å². The third-order valence-electron chi connectivity index (χ3n) is 3.22. The number of esters is 1. The Morgan fingerprint density at radius 2 is 1.76 bits per heavy atom. The first kappa shape index (κ1) is 17.0. The van der Waals surface area contributed by atoms with Crippen molar-refractivity contribution in [2.24, 2.45) is 5.92 Å². The molecule has 0 bridgehead atoms. The summed E-state index contributed by atoms with van der Waals surface area (Å²) in [4.78, 5) is 23.3. The van der Waals surface area contributed by atoms with Gasteiger partial charge in [0.2, 0.25) is 5.91 Å². The number of methoxy groups -OCH3 is 1. The van der Waals surface area contributed by atoms with E-state index in [1.54, 1.807) is 6.92 Å². The van der Waals surface area contributed by atoms with Gasteiger partial charge in [0.1, 0.15) is 5.70 Å². The molecule has 0 radical (unpaired) electrons. The zero-order valence-electron chi connectivity index (χ0n) is 13.1. The molecule has 0 aromatic heterocycles. The number of ether oxygens (including phenoxy) is 1. The molecular weight excluding hydrogens is 266 g/mol. The molecule has 1 N–H and O–H groups in total. The standard InChI is InChI=1S/C17H23NO3/c1-11(2)10-14-6-8-15(9-7-14)12(3)16(19)18-13(4)17(20)21-5/h6-9,11-12H,4,10H2,1-3,5H3,(H,18,19)/t12-/m1/s1. The summed E-state index contributed by atoms with van der Waals surface area (Å²) < 4.78 is 4.50. The molecule has 0 spiro atoms. The Hall–Kier alpha value is -2.10. The minimum absolute atomic E-state index is 0.0502. The third-order valence-corrected chi connectivity index (χ3v) is 3.22. The fourth-order valence-corrected chi connectivity index (χ4v) is 2.00. The van der Waals surface area contributed by atoms with E-state index in [-0.39, 0.29) is 17.5 Å². The molecule has 0 aliphatic carbocycles. The molecule has 0 fully saturated rings. The van der Waals surface area contributed by atoms with Gasteiger partial charge in [-0.05, 0) is 30.4 Å². The third kappa shape index (κ3) is 5.06. The monoisotopic (exact) mass is 289 g/mol. The topological polar surface area (TPSA) is 55.4 Å². The van der Waals surface area contributed by atoms with Gasteiger partial charge in [0.15, 0.2) is 0 Å². The van der Waals surface area contributed by atoms with Crippen LogP contribution in [0.1, 0.15) is 37.8 Å². The number of rotatable bonds is 6. The lowest BCUT2D eigenvalue weighted by Crippen LogP contribution is -2.30. The zero-order chi connectivity index (χ0) is 16.0. The molecule has 1 rings (SSSR count). The van der Waals surface area contributed by atoms with E-state index in [0.29, 0.717) is 5.92 Å². The molecule has 0 saturated carbocycles. The number of nitrogens with one attached hydrogen (secondary N) is 1. The second-order valence-electron chi connectivity index (χ2n) is 5.52. The molecule has 114 valence electrons. The molecule has 4 nitrogen and oxygen atoms in total. The van der Waals surface area contributed by atoms with E-state index in [1.165, 1.54) is 12.7 Å². The fraction of sp³-hybridized carbons (Fsp3) is 0.412. The molecule has 0 unspecified atom stereocenters. The van der Waals surface area contributed by atoms with E-state index in [4.69, 9.17) is 0 Å². The summed E-state index contributed by atoms with van der Waals surface area (Å²) in [6.07, 6.45) is 1.01. The molecule has 1 atom stereocenters. The van der Waals surface area contributed by atoms with E-state index in [2.05, 4.69) is 30.5 Å². The highest BCUT2D eigenvalue weighted by atomic mass is 16.5. The van der Waals surface area contributed by atoms with Gasteiger partial charge in [-0.25, -0.2) is 4.79 Å². The molecular formula is C17H23NO3. The Morgan fingerprint density at radius 1 is 1.19 bits per heavy atom. The van der Waals surface area contributed by atoms with Crippen LogP contribution in [-0.4, -0.2) is 19.0 Å². The maximum absolute atomic E-state index is 12.1. The Bertz CT molecular complexity index is 517. The van der Waals surface area contributed by atoms with Gasteiger partial charge in [0.05, 0.1) is 13.0 Å². The summed E-state index contributed by atoms with van der Waals surface area (Å²) in [5.41, 5.74) is 2.10. The number of hydrogen-bond donors (Lipinski definition) is 1. The second-order valence-corrected chi connectivity index (χ2v) is 5.52. The van der Waals surface area contributed by atoms with Gasteiger partial charge < -0.3 is 10.1 Å². The van der Waals surface area contributed by atoms with Crippen molar-refractivity contribution < 1.29 is 14.3 Å². The smallest absolute Gasteiger partial charge is 0.353 e. The van der Waals surface area contributed by atoms with Gasteiger partial charge in [-0.15, -0.1) is 0 Å². The van der Waals surface area contributed by atoms with Gasteiger partial charge in [-0.2, -0.15) is 0 Å². The largest absolute Gasteiger partial charge is 0.464 e. The quantitative estimate of drug-likeness (QED) is 0.647. The first-order valence-electron chi connectivity index (χ1n) is 7.02. The number of amides is 1. The van der Waals surface area contributed by atoms with E-state index in [0.717, 1.165) is 12.0 Å². The number of carbonyl (C=O) groups is 2. The Balaban J connectivity index is 2.70. The van der Waals surface area contributed by atoms with Gasteiger partial charge in [-0.1, -0.05) is 44.7 Å². The molecule has 21 heavy (non-hydrogen) atoms. The molecule has 1 aromatic rings. The summed E-state index contributed by atoms with van der Waals surface area (Å²) in [6, 6.07) is 7.97.